The third kappa shape index (κ3) is 5.48. The van der Waals surface area contributed by atoms with Crippen LogP contribution in [0.3, 0.4) is 0 Å². The summed E-state index contributed by atoms with van der Waals surface area (Å²) < 4.78 is 5.12. The van der Waals surface area contributed by atoms with Gasteiger partial charge in [0.1, 0.15) is 5.75 Å². The summed E-state index contributed by atoms with van der Waals surface area (Å²) in [5, 5.41) is 6.98. The van der Waals surface area contributed by atoms with E-state index in [1.165, 1.54) is 0 Å². The van der Waals surface area contributed by atoms with Gasteiger partial charge in [-0.25, -0.2) is 0 Å². The van der Waals surface area contributed by atoms with Crippen LogP contribution in [-0.2, 0) is 16.2 Å². The van der Waals surface area contributed by atoms with Crippen LogP contribution >= 0.6 is 11.6 Å². The van der Waals surface area contributed by atoms with E-state index in [0.29, 0.717) is 17.1 Å². The molecule has 0 atom stereocenters. The molecule has 0 saturated heterocycles. The Bertz CT molecular complexity index is 735. The number of carbonyl (C=O) groups is 1. The third-order valence-electron chi connectivity index (χ3n) is 3.10. The van der Waals surface area contributed by atoms with E-state index in [1.807, 2.05) is 24.3 Å². The summed E-state index contributed by atoms with van der Waals surface area (Å²) in [7, 11) is 1.59. The van der Waals surface area contributed by atoms with Crippen molar-refractivity contribution in [1.29, 1.82) is 0 Å². The van der Waals surface area contributed by atoms with Gasteiger partial charge in [0, 0.05) is 17.1 Å². The zero-order valence-corrected chi connectivity index (χ0v) is 13.9. The molecule has 2 rings (SSSR count). The van der Waals surface area contributed by atoms with Crippen LogP contribution in [0.1, 0.15) is 11.1 Å². The van der Waals surface area contributed by atoms with Crippen LogP contribution in [0.15, 0.2) is 53.7 Å². The van der Waals surface area contributed by atoms with Crippen molar-refractivity contribution in [3.63, 3.8) is 0 Å². The van der Waals surface area contributed by atoms with Crippen LogP contribution in [0, 0.1) is 0 Å². The Balaban J connectivity index is 1.79. The van der Waals surface area contributed by atoms with Crippen molar-refractivity contribution >= 4 is 23.3 Å². The number of ether oxygens (including phenoxy) is 1. The molecule has 0 aliphatic carbocycles. The zero-order valence-electron chi connectivity index (χ0n) is 13.2. The summed E-state index contributed by atoms with van der Waals surface area (Å²) in [5.41, 5.74) is 7.31. The fourth-order valence-electron chi connectivity index (χ4n) is 1.90. The summed E-state index contributed by atoms with van der Waals surface area (Å²) in [4.78, 5) is 16.7. The molecule has 0 aliphatic rings. The van der Waals surface area contributed by atoms with Gasteiger partial charge in [-0.05, 0) is 29.8 Å². The number of methoxy groups -OCH3 is 1. The molecule has 2 aromatic carbocycles. The first kappa shape index (κ1) is 17.6. The molecule has 2 aromatic rings. The Morgan fingerprint density at radius 3 is 2.79 bits per heavy atom. The van der Waals surface area contributed by atoms with E-state index in [1.54, 1.807) is 31.4 Å². The van der Waals surface area contributed by atoms with Gasteiger partial charge in [0.05, 0.1) is 7.11 Å². The number of nitrogens with two attached hydrogens (primary N) is 1. The molecular weight excluding hydrogens is 330 g/mol. The first-order valence-electron chi connectivity index (χ1n) is 7.19. The normalized spacial score (nSPS) is 11.0. The fourth-order valence-corrected chi connectivity index (χ4v) is 2.09. The molecule has 0 aromatic heterocycles. The van der Waals surface area contributed by atoms with Gasteiger partial charge >= 0.3 is 0 Å². The first-order chi connectivity index (χ1) is 11.6. The molecule has 0 spiro atoms. The molecule has 7 heteroatoms. The lowest BCUT2D eigenvalue weighted by atomic mass is 10.2. The Labute approximate surface area is 145 Å². The van der Waals surface area contributed by atoms with Crippen molar-refractivity contribution in [3.8, 4) is 5.75 Å². The lowest BCUT2D eigenvalue weighted by Crippen LogP contribution is -2.27. The minimum atomic E-state index is -0.305. The summed E-state index contributed by atoms with van der Waals surface area (Å²) in [6.07, 6.45) is 0. The van der Waals surface area contributed by atoms with Crippen molar-refractivity contribution in [1.82, 2.24) is 5.32 Å². The highest BCUT2D eigenvalue weighted by atomic mass is 35.5. The van der Waals surface area contributed by atoms with Crippen molar-refractivity contribution in [3.05, 3.63) is 64.7 Å². The van der Waals surface area contributed by atoms with Gasteiger partial charge in [-0.3, -0.25) is 4.79 Å². The van der Waals surface area contributed by atoms with E-state index in [4.69, 9.17) is 26.9 Å². The number of nitrogens with zero attached hydrogens (tertiary/aromatic N) is 1. The molecule has 1 amide bonds. The number of nitrogens with one attached hydrogen (secondary N) is 1. The quantitative estimate of drug-likeness (QED) is 0.457. The number of oxime groups is 1. The van der Waals surface area contributed by atoms with Gasteiger partial charge in [-0.1, -0.05) is 41.0 Å². The number of rotatable bonds is 7. The van der Waals surface area contributed by atoms with Crippen molar-refractivity contribution < 1.29 is 14.4 Å². The average molecular weight is 348 g/mol. The van der Waals surface area contributed by atoms with E-state index in [2.05, 4.69) is 10.5 Å². The third-order valence-corrected chi connectivity index (χ3v) is 3.34. The predicted molar refractivity (Wildman–Crippen MR) is 93.0 cm³/mol. The lowest BCUT2D eigenvalue weighted by Gasteiger charge is -2.07. The summed E-state index contributed by atoms with van der Waals surface area (Å²) in [6.45, 7) is 0.137. The van der Waals surface area contributed by atoms with Crippen LogP contribution < -0.4 is 15.8 Å². The molecule has 0 bridgehead atoms. The molecule has 0 heterocycles. The molecule has 0 aliphatic heterocycles. The molecule has 0 fully saturated rings. The Hall–Kier alpha value is -2.73. The first-order valence-corrected chi connectivity index (χ1v) is 7.57. The molecule has 0 radical (unpaired) electrons. The Morgan fingerprint density at radius 1 is 1.25 bits per heavy atom. The smallest absolute Gasteiger partial charge is 0.261 e. The Kier molecular flexibility index (Phi) is 6.45. The maximum atomic E-state index is 11.7. The van der Waals surface area contributed by atoms with Crippen LogP contribution in [0.25, 0.3) is 0 Å². The number of hydrogen-bond acceptors (Lipinski definition) is 4. The van der Waals surface area contributed by atoms with Gasteiger partial charge < -0.3 is 20.6 Å². The SMILES string of the molecule is COc1cccc(CNC(=O)CO/N=C(\N)c2cccc(Cl)c2)c1. The molecule has 6 nitrogen and oxygen atoms in total. The molecule has 24 heavy (non-hydrogen) atoms. The average Bonchev–Trinajstić information content (AvgIpc) is 2.60. The number of halogens is 1. The predicted octanol–water partition coefficient (Wildman–Crippen LogP) is 2.30. The lowest BCUT2D eigenvalue weighted by molar-refractivity contribution is -0.125. The number of carbonyl (C=O) groups excluding carboxylic acids is 1. The summed E-state index contributed by atoms with van der Waals surface area (Å²) in [6, 6.07) is 14.3. The second kappa shape index (κ2) is 8.79. The standard InChI is InChI=1S/C17H18ClN3O3/c1-23-15-7-2-4-12(8-15)10-20-16(22)11-24-21-17(19)13-5-3-6-14(18)9-13/h2-9H,10-11H2,1H3,(H2,19,21)(H,20,22). The fraction of sp³-hybridized carbons (Fsp3) is 0.176. The minimum absolute atomic E-state index is 0.151. The van der Waals surface area contributed by atoms with Crippen LogP contribution in [0.2, 0.25) is 5.02 Å². The highest BCUT2D eigenvalue weighted by Crippen LogP contribution is 2.12. The van der Waals surface area contributed by atoms with Gasteiger partial charge in [0.2, 0.25) is 0 Å². The number of amides is 1. The molecular formula is C17H18ClN3O3. The summed E-state index contributed by atoms with van der Waals surface area (Å²) in [5.74, 6) is 0.579. The van der Waals surface area contributed by atoms with Gasteiger partial charge in [-0.15, -0.1) is 0 Å². The van der Waals surface area contributed by atoms with Crippen LogP contribution in [0.5, 0.6) is 5.75 Å². The van der Waals surface area contributed by atoms with E-state index in [9.17, 15) is 4.79 Å². The zero-order chi connectivity index (χ0) is 17.4. The molecule has 126 valence electrons. The molecule has 3 N–H and O–H groups in total. The largest absolute Gasteiger partial charge is 0.497 e. The second-order valence-corrected chi connectivity index (χ2v) is 5.33. The van der Waals surface area contributed by atoms with E-state index in [-0.39, 0.29) is 18.3 Å². The second-order valence-electron chi connectivity index (χ2n) is 4.89. The minimum Gasteiger partial charge on any atom is -0.497 e. The highest BCUT2D eigenvalue weighted by molar-refractivity contribution is 6.31. The van der Waals surface area contributed by atoms with Crippen molar-refractivity contribution in [2.45, 2.75) is 6.54 Å². The van der Waals surface area contributed by atoms with Crippen LogP contribution in [0.4, 0.5) is 0 Å². The van der Waals surface area contributed by atoms with E-state index < -0.39 is 0 Å². The molecule has 0 saturated carbocycles. The number of hydrogen-bond donors (Lipinski definition) is 2. The highest BCUT2D eigenvalue weighted by Gasteiger charge is 2.04. The maximum absolute atomic E-state index is 11.7. The van der Waals surface area contributed by atoms with E-state index >= 15 is 0 Å². The van der Waals surface area contributed by atoms with E-state index in [0.717, 1.165) is 11.3 Å². The Morgan fingerprint density at radius 2 is 2.04 bits per heavy atom. The maximum Gasteiger partial charge on any atom is 0.261 e. The van der Waals surface area contributed by atoms with Gasteiger partial charge in [0.15, 0.2) is 12.4 Å². The number of amidine groups is 1. The van der Waals surface area contributed by atoms with Crippen molar-refractivity contribution in [2.24, 2.45) is 10.9 Å². The summed E-state index contributed by atoms with van der Waals surface area (Å²) >= 11 is 5.87. The topological polar surface area (TPSA) is 85.9 Å². The number of benzene rings is 2. The van der Waals surface area contributed by atoms with Gasteiger partial charge in [-0.2, -0.15) is 0 Å². The van der Waals surface area contributed by atoms with Gasteiger partial charge in [0.25, 0.3) is 5.91 Å². The van der Waals surface area contributed by atoms with Crippen LogP contribution in [-0.4, -0.2) is 25.5 Å². The monoisotopic (exact) mass is 347 g/mol. The molecule has 0 unspecified atom stereocenters. The van der Waals surface area contributed by atoms with Crippen molar-refractivity contribution in [2.75, 3.05) is 13.7 Å².